The zero-order valence-corrected chi connectivity index (χ0v) is 8.25. The van der Waals surface area contributed by atoms with Crippen LogP contribution in [0.3, 0.4) is 0 Å². The van der Waals surface area contributed by atoms with E-state index in [-0.39, 0.29) is 0 Å². The third kappa shape index (κ3) is 2.74. The molecule has 0 atom stereocenters. The number of carboxylic acids is 1. The average molecular weight is 213 g/mol. The molecule has 2 N–H and O–H groups in total. The number of carbonyl (C=O) groups is 1. The lowest BCUT2D eigenvalue weighted by molar-refractivity contribution is -0.129. The molecule has 0 saturated carbocycles. The first kappa shape index (κ1) is 10.5. The summed E-state index contributed by atoms with van der Waals surface area (Å²) in [6.07, 6.45) is 0. The molecular weight excluding hydrogens is 204 g/mol. The zero-order valence-electron chi connectivity index (χ0n) is 7.49. The van der Waals surface area contributed by atoms with Crippen LogP contribution in [0, 0.1) is 6.92 Å². The highest BCUT2D eigenvalue weighted by molar-refractivity contribution is 6.81. The van der Waals surface area contributed by atoms with Crippen LogP contribution in [0.5, 0.6) is 0 Å². The van der Waals surface area contributed by atoms with Crippen LogP contribution in [0.4, 0.5) is 5.69 Å². The van der Waals surface area contributed by atoms with E-state index >= 15 is 0 Å². The summed E-state index contributed by atoms with van der Waals surface area (Å²) in [4.78, 5) is 10.3. The Balaban J connectivity index is 2.76. The van der Waals surface area contributed by atoms with E-state index in [1.807, 2.05) is 25.1 Å². The highest BCUT2D eigenvalue weighted by Gasteiger charge is 2.04. The topological polar surface area (TPSA) is 61.7 Å². The van der Waals surface area contributed by atoms with Crippen LogP contribution in [0.1, 0.15) is 5.56 Å². The number of nitrogens with one attached hydrogen (secondary N) is 1. The molecule has 0 heterocycles. The van der Waals surface area contributed by atoms with Gasteiger partial charge < -0.3 is 5.11 Å². The van der Waals surface area contributed by atoms with Crippen LogP contribution in [-0.2, 0) is 4.79 Å². The molecule has 1 rings (SSSR count). The number of anilines is 1. The van der Waals surface area contributed by atoms with E-state index in [0.717, 1.165) is 11.3 Å². The quantitative estimate of drug-likeness (QED) is 0.596. The van der Waals surface area contributed by atoms with Crippen LogP contribution >= 0.6 is 11.6 Å². The Morgan fingerprint density at radius 3 is 2.71 bits per heavy atom. The number of para-hydroxylation sites is 1. The minimum Gasteiger partial charge on any atom is -0.476 e. The second-order valence-electron chi connectivity index (χ2n) is 2.63. The standard InChI is InChI=1S/C9H9ClN2O2/c1-6-4-2-3-5-7(6)11-12-8(10)9(13)14/h2-5,11H,1H3,(H,13,14). The van der Waals surface area contributed by atoms with Gasteiger partial charge in [0, 0.05) is 0 Å². The number of nitrogens with zero attached hydrogens (tertiary/aromatic N) is 1. The molecule has 5 heteroatoms. The predicted octanol–water partition coefficient (Wildman–Crippen LogP) is 2.04. The number of aryl methyl sites for hydroxylation is 1. The molecular formula is C9H9ClN2O2. The first-order valence-corrected chi connectivity index (χ1v) is 4.27. The lowest BCUT2D eigenvalue weighted by atomic mass is 10.2. The van der Waals surface area contributed by atoms with Crippen LogP contribution in [0.15, 0.2) is 29.4 Å². The van der Waals surface area contributed by atoms with Gasteiger partial charge in [-0.05, 0) is 18.6 Å². The largest absolute Gasteiger partial charge is 0.476 e. The van der Waals surface area contributed by atoms with E-state index in [9.17, 15) is 4.79 Å². The highest BCUT2D eigenvalue weighted by atomic mass is 35.5. The van der Waals surface area contributed by atoms with E-state index in [1.54, 1.807) is 6.07 Å². The fourth-order valence-corrected chi connectivity index (χ4v) is 0.898. The molecule has 4 nitrogen and oxygen atoms in total. The van der Waals surface area contributed by atoms with Crippen LogP contribution in [-0.4, -0.2) is 16.2 Å². The summed E-state index contributed by atoms with van der Waals surface area (Å²) in [5, 5.41) is 11.4. The maximum atomic E-state index is 10.3. The van der Waals surface area contributed by atoms with Crippen molar-refractivity contribution in [3.8, 4) is 0 Å². The predicted molar refractivity (Wildman–Crippen MR) is 55.7 cm³/mol. The normalized spacial score (nSPS) is 11.1. The summed E-state index contributed by atoms with van der Waals surface area (Å²) in [6, 6.07) is 7.36. The molecule has 1 aromatic carbocycles. The van der Waals surface area contributed by atoms with E-state index < -0.39 is 11.1 Å². The molecule has 0 aromatic heterocycles. The van der Waals surface area contributed by atoms with Crippen molar-refractivity contribution in [2.75, 3.05) is 5.43 Å². The van der Waals surface area contributed by atoms with Crippen LogP contribution < -0.4 is 5.43 Å². The molecule has 0 saturated heterocycles. The van der Waals surface area contributed by atoms with E-state index in [4.69, 9.17) is 16.7 Å². The third-order valence-electron chi connectivity index (χ3n) is 1.60. The summed E-state index contributed by atoms with van der Waals surface area (Å²) in [5.41, 5.74) is 4.26. The molecule has 74 valence electrons. The number of hydrogen-bond donors (Lipinski definition) is 2. The molecule has 0 amide bonds. The molecule has 0 bridgehead atoms. The van der Waals surface area contributed by atoms with Gasteiger partial charge in [0.25, 0.3) is 0 Å². The Morgan fingerprint density at radius 2 is 2.14 bits per heavy atom. The fourth-order valence-electron chi connectivity index (χ4n) is 0.855. The summed E-state index contributed by atoms with van der Waals surface area (Å²) in [6.45, 7) is 1.88. The Morgan fingerprint density at radius 1 is 1.50 bits per heavy atom. The fraction of sp³-hybridized carbons (Fsp3) is 0.111. The van der Waals surface area contributed by atoms with Crippen molar-refractivity contribution in [3.05, 3.63) is 29.8 Å². The van der Waals surface area contributed by atoms with Crippen LogP contribution in [0.2, 0.25) is 0 Å². The number of aliphatic carboxylic acids is 1. The summed E-state index contributed by atoms with van der Waals surface area (Å²) >= 11 is 5.31. The van der Waals surface area contributed by atoms with E-state index in [0.29, 0.717) is 0 Å². The third-order valence-corrected chi connectivity index (χ3v) is 1.84. The molecule has 14 heavy (non-hydrogen) atoms. The molecule has 0 radical (unpaired) electrons. The second-order valence-corrected chi connectivity index (χ2v) is 2.99. The first-order chi connectivity index (χ1) is 6.61. The Kier molecular flexibility index (Phi) is 3.48. The molecule has 0 spiro atoms. The van der Waals surface area contributed by atoms with Crippen molar-refractivity contribution < 1.29 is 9.90 Å². The molecule has 1 aromatic rings. The minimum absolute atomic E-state index is 0.492. The molecule has 0 aliphatic carbocycles. The smallest absolute Gasteiger partial charge is 0.368 e. The van der Waals surface area contributed by atoms with Crippen molar-refractivity contribution in [3.63, 3.8) is 0 Å². The van der Waals surface area contributed by atoms with Crippen molar-refractivity contribution >= 4 is 28.4 Å². The minimum atomic E-state index is -1.26. The summed E-state index contributed by atoms with van der Waals surface area (Å²) in [5.74, 6) is -1.26. The van der Waals surface area contributed by atoms with Gasteiger partial charge in [-0.3, -0.25) is 5.43 Å². The Labute approximate surface area is 86.2 Å². The Bertz CT molecular complexity index is 377. The van der Waals surface area contributed by atoms with Gasteiger partial charge in [-0.25, -0.2) is 4.79 Å². The molecule has 0 fully saturated rings. The van der Waals surface area contributed by atoms with Gasteiger partial charge in [0.2, 0.25) is 5.17 Å². The molecule has 0 aliphatic rings. The van der Waals surface area contributed by atoms with Crippen LogP contribution in [0.25, 0.3) is 0 Å². The lowest BCUT2D eigenvalue weighted by Crippen LogP contribution is -2.07. The van der Waals surface area contributed by atoms with E-state index in [2.05, 4.69) is 10.5 Å². The second kappa shape index (κ2) is 4.62. The number of carboxylic acid groups (broad SMARTS) is 1. The first-order valence-electron chi connectivity index (χ1n) is 3.89. The van der Waals surface area contributed by atoms with Crippen molar-refractivity contribution in [2.24, 2.45) is 5.10 Å². The van der Waals surface area contributed by atoms with Crippen molar-refractivity contribution in [2.45, 2.75) is 6.92 Å². The van der Waals surface area contributed by atoms with Gasteiger partial charge in [-0.1, -0.05) is 29.8 Å². The number of halogens is 1. The van der Waals surface area contributed by atoms with Crippen molar-refractivity contribution in [1.29, 1.82) is 0 Å². The van der Waals surface area contributed by atoms with Crippen molar-refractivity contribution in [1.82, 2.24) is 0 Å². The average Bonchev–Trinajstić information content (AvgIpc) is 2.16. The highest BCUT2D eigenvalue weighted by Crippen LogP contribution is 2.12. The maximum absolute atomic E-state index is 10.3. The zero-order chi connectivity index (χ0) is 10.6. The molecule has 0 unspecified atom stereocenters. The summed E-state index contributed by atoms with van der Waals surface area (Å²) < 4.78 is 0. The number of rotatable bonds is 3. The van der Waals surface area contributed by atoms with Gasteiger partial charge in [-0.15, -0.1) is 0 Å². The monoisotopic (exact) mass is 212 g/mol. The SMILES string of the molecule is Cc1ccccc1NN=C(Cl)C(=O)O. The molecule has 0 aliphatic heterocycles. The number of hydrazone groups is 1. The maximum Gasteiger partial charge on any atom is 0.368 e. The van der Waals surface area contributed by atoms with Gasteiger partial charge in [0.1, 0.15) is 0 Å². The van der Waals surface area contributed by atoms with Gasteiger partial charge in [-0.2, -0.15) is 5.10 Å². The number of benzene rings is 1. The Hall–Kier alpha value is -1.55. The lowest BCUT2D eigenvalue weighted by Gasteiger charge is -2.03. The number of hydrogen-bond acceptors (Lipinski definition) is 3. The van der Waals surface area contributed by atoms with E-state index in [1.165, 1.54) is 0 Å². The van der Waals surface area contributed by atoms with Gasteiger partial charge in [0.05, 0.1) is 5.69 Å². The van der Waals surface area contributed by atoms with Gasteiger partial charge >= 0.3 is 5.97 Å². The summed E-state index contributed by atoms with van der Waals surface area (Å²) in [7, 11) is 0. The van der Waals surface area contributed by atoms with Gasteiger partial charge in [0.15, 0.2) is 0 Å².